The number of methoxy groups -OCH3 is 1. The molecule has 0 aromatic heterocycles. The van der Waals surface area contributed by atoms with Crippen molar-refractivity contribution in [1.82, 2.24) is 4.90 Å². The van der Waals surface area contributed by atoms with Gasteiger partial charge < -0.3 is 9.64 Å². The summed E-state index contributed by atoms with van der Waals surface area (Å²) in [6, 6.07) is 0. The van der Waals surface area contributed by atoms with Crippen LogP contribution in [-0.4, -0.2) is 37.0 Å². The number of amides is 1. The quantitative estimate of drug-likeness (QED) is 0.693. The molecule has 1 heterocycles. The normalized spacial score (nSPS) is 18.0. The number of rotatable bonds is 2. The fourth-order valence-corrected chi connectivity index (χ4v) is 2.10. The van der Waals surface area contributed by atoms with Crippen LogP contribution in [0.1, 0.15) is 40.0 Å². The second-order valence-corrected chi connectivity index (χ2v) is 5.92. The number of carbonyl (C=O) groups is 2. The van der Waals surface area contributed by atoms with Crippen molar-refractivity contribution >= 4 is 11.9 Å². The molecule has 0 aliphatic carbocycles. The van der Waals surface area contributed by atoms with Crippen LogP contribution in [0.4, 0.5) is 0 Å². The lowest BCUT2D eigenvalue weighted by Gasteiger charge is -2.32. The van der Waals surface area contributed by atoms with Crippen LogP contribution in [0.2, 0.25) is 0 Å². The standard InChI is InChI=1S/C13H23NO3/c1-13(2,3)9-11(15)14-7-5-10(6-8-14)12(16)17-4/h10H,5-9H2,1-4H3. The third-order valence-electron chi connectivity index (χ3n) is 3.06. The monoisotopic (exact) mass is 241 g/mol. The van der Waals surface area contributed by atoms with Gasteiger partial charge in [-0.1, -0.05) is 20.8 Å². The van der Waals surface area contributed by atoms with Gasteiger partial charge in [-0.15, -0.1) is 0 Å². The van der Waals surface area contributed by atoms with Crippen LogP contribution in [0.5, 0.6) is 0 Å². The minimum atomic E-state index is -0.145. The van der Waals surface area contributed by atoms with Crippen LogP contribution in [0.25, 0.3) is 0 Å². The van der Waals surface area contributed by atoms with Crippen LogP contribution in [0, 0.1) is 11.3 Å². The molecule has 0 spiro atoms. The fourth-order valence-electron chi connectivity index (χ4n) is 2.10. The third-order valence-corrected chi connectivity index (χ3v) is 3.06. The molecular formula is C13H23NO3. The van der Waals surface area contributed by atoms with Crippen molar-refractivity contribution in [3.05, 3.63) is 0 Å². The van der Waals surface area contributed by atoms with E-state index in [1.807, 2.05) is 4.90 Å². The highest BCUT2D eigenvalue weighted by Gasteiger charge is 2.29. The Morgan fingerprint density at radius 2 is 1.76 bits per heavy atom. The Kier molecular flexibility index (Phi) is 4.54. The number of hydrogen-bond donors (Lipinski definition) is 0. The van der Waals surface area contributed by atoms with E-state index in [1.54, 1.807) is 0 Å². The topological polar surface area (TPSA) is 46.6 Å². The van der Waals surface area contributed by atoms with E-state index in [9.17, 15) is 9.59 Å². The van der Waals surface area contributed by atoms with Crippen molar-refractivity contribution in [1.29, 1.82) is 0 Å². The second-order valence-electron chi connectivity index (χ2n) is 5.92. The molecule has 0 atom stereocenters. The number of nitrogens with zero attached hydrogens (tertiary/aromatic N) is 1. The molecule has 98 valence electrons. The van der Waals surface area contributed by atoms with E-state index < -0.39 is 0 Å². The van der Waals surface area contributed by atoms with Gasteiger partial charge >= 0.3 is 5.97 Å². The van der Waals surface area contributed by atoms with Gasteiger partial charge in [-0.2, -0.15) is 0 Å². The molecule has 1 amide bonds. The summed E-state index contributed by atoms with van der Waals surface area (Å²) in [6.45, 7) is 7.54. The van der Waals surface area contributed by atoms with E-state index in [4.69, 9.17) is 4.74 Å². The second kappa shape index (κ2) is 5.52. The first kappa shape index (κ1) is 14.0. The molecule has 0 saturated carbocycles. The van der Waals surface area contributed by atoms with Gasteiger partial charge in [0.2, 0.25) is 5.91 Å². The maximum Gasteiger partial charge on any atom is 0.308 e. The molecular weight excluding hydrogens is 218 g/mol. The largest absolute Gasteiger partial charge is 0.469 e. The maximum atomic E-state index is 12.0. The van der Waals surface area contributed by atoms with Crippen LogP contribution in [0.3, 0.4) is 0 Å². The molecule has 0 aromatic rings. The zero-order valence-corrected chi connectivity index (χ0v) is 11.3. The minimum absolute atomic E-state index is 0.0241. The Bertz CT molecular complexity index is 286. The average molecular weight is 241 g/mol. The summed E-state index contributed by atoms with van der Waals surface area (Å²) in [5.41, 5.74) is 0.0241. The molecule has 0 radical (unpaired) electrons. The number of likely N-dealkylation sites (tertiary alicyclic amines) is 1. The first-order chi connectivity index (χ1) is 7.83. The summed E-state index contributed by atoms with van der Waals surface area (Å²) < 4.78 is 4.72. The number of piperidine rings is 1. The number of ether oxygens (including phenoxy) is 1. The Labute approximate surface area is 103 Å². The first-order valence-corrected chi connectivity index (χ1v) is 6.19. The molecule has 4 nitrogen and oxygen atoms in total. The SMILES string of the molecule is COC(=O)C1CCN(C(=O)CC(C)(C)C)CC1. The highest BCUT2D eigenvalue weighted by atomic mass is 16.5. The number of carbonyl (C=O) groups excluding carboxylic acids is 2. The van der Waals surface area contributed by atoms with E-state index in [0.29, 0.717) is 19.5 Å². The number of hydrogen-bond acceptors (Lipinski definition) is 3. The summed E-state index contributed by atoms with van der Waals surface area (Å²) in [5, 5.41) is 0. The lowest BCUT2D eigenvalue weighted by atomic mass is 9.90. The molecule has 1 fully saturated rings. The van der Waals surface area contributed by atoms with Gasteiger partial charge in [-0.3, -0.25) is 9.59 Å². The Morgan fingerprint density at radius 3 is 2.18 bits per heavy atom. The Hall–Kier alpha value is -1.06. The molecule has 1 saturated heterocycles. The highest BCUT2D eigenvalue weighted by Crippen LogP contribution is 2.23. The summed E-state index contributed by atoms with van der Waals surface area (Å²) in [6.07, 6.45) is 2.01. The molecule has 0 N–H and O–H groups in total. The van der Waals surface area contributed by atoms with E-state index in [2.05, 4.69) is 20.8 Å². The van der Waals surface area contributed by atoms with Crippen molar-refractivity contribution in [3.63, 3.8) is 0 Å². The Morgan fingerprint density at radius 1 is 1.24 bits per heavy atom. The van der Waals surface area contributed by atoms with Gasteiger partial charge in [0, 0.05) is 19.5 Å². The van der Waals surface area contributed by atoms with Gasteiger partial charge in [-0.25, -0.2) is 0 Å². The molecule has 0 bridgehead atoms. The summed E-state index contributed by atoms with van der Waals surface area (Å²) >= 11 is 0. The number of esters is 1. The summed E-state index contributed by atoms with van der Waals surface area (Å²) in [7, 11) is 1.42. The third kappa shape index (κ3) is 4.36. The summed E-state index contributed by atoms with van der Waals surface area (Å²) in [5.74, 6) is 0.0208. The van der Waals surface area contributed by atoms with Gasteiger partial charge in [0.15, 0.2) is 0 Å². The zero-order valence-electron chi connectivity index (χ0n) is 11.3. The van der Waals surface area contributed by atoms with Crippen molar-refractivity contribution < 1.29 is 14.3 Å². The lowest BCUT2D eigenvalue weighted by molar-refractivity contribution is -0.149. The van der Waals surface area contributed by atoms with E-state index in [-0.39, 0.29) is 23.2 Å². The fraction of sp³-hybridized carbons (Fsp3) is 0.846. The Balaban J connectivity index is 2.42. The summed E-state index contributed by atoms with van der Waals surface area (Å²) in [4.78, 5) is 25.2. The maximum absolute atomic E-state index is 12.0. The van der Waals surface area contributed by atoms with Crippen LogP contribution < -0.4 is 0 Å². The minimum Gasteiger partial charge on any atom is -0.469 e. The van der Waals surface area contributed by atoms with Crippen LogP contribution in [0.15, 0.2) is 0 Å². The van der Waals surface area contributed by atoms with E-state index in [0.717, 1.165) is 12.8 Å². The molecule has 17 heavy (non-hydrogen) atoms. The average Bonchev–Trinajstić information content (AvgIpc) is 2.26. The van der Waals surface area contributed by atoms with Gasteiger partial charge in [-0.05, 0) is 18.3 Å². The molecule has 1 aliphatic heterocycles. The molecule has 0 unspecified atom stereocenters. The van der Waals surface area contributed by atoms with E-state index in [1.165, 1.54) is 7.11 Å². The smallest absolute Gasteiger partial charge is 0.308 e. The molecule has 0 aromatic carbocycles. The highest BCUT2D eigenvalue weighted by molar-refractivity contribution is 5.77. The van der Waals surface area contributed by atoms with Gasteiger partial charge in [0.05, 0.1) is 13.0 Å². The predicted molar refractivity (Wildman–Crippen MR) is 65.4 cm³/mol. The molecule has 1 aliphatic rings. The van der Waals surface area contributed by atoms with Crippen LogP contribution in [-0.2, 0) is 14.3 Å². The lowest BCUT2D eigenvalue weighted by Crippen LogP contribution is -2.41. The van der Waals surface area contributed by atoms with E-state index >= 15 is 0 Å². The molecule has 1 rings (SSSR count). The van der Waals surface area contributed by atoms with Gasteiger partial charge in [0.1, 0.15) is 0 Å². The van der Waals surface area contributed by atoms with Crippen molar-refractivity contribution in [3.8, 4) is 0 Å². The first-order valence-electron chi connectivity index (χ1n) is 6.19. The van der Waals surface area contributed by atoms with Gasteiger partial charge in [0.25, 0.3) is 0 Å². The van der Waals surface area contributed by atoms with Crippen LogP contribution >= 0.6 is 0 Å². The van der Waals surface area contributed by atoms with Crippen molar-refractivity contribution in [2.75, 3.05) is 20.2 Å². The van der Waals surface area contributed by atoms with Crippen molar-refractivity contribution in [2.24, 2.45) is 11.3 Å². The molecule has 4 heteroatoms. The zero-order chi connectivity index (χ0) is 13.1. The predicted octanol–water partition coefficient (Wildman–Crippen LogP) is 1.83. The van der Waals surface area contributed by atoms with Crippen molar-refractivity contribution in [2.45, 2.75) is 40.0 Å².